The van der Waals surface area contributed by atoms with Gasteiger partial charge in [-0.25, -0.2) is 10.2 Å². The summed E-state index contributed by atoms with van der Waals surface area (Å²) < 4.78 is 7.34. The number of amides is 2. The number of aliphatic hydroxyl groups excluding tert-OH is 1. The Morgan fingerprint density at radius 3 is 2.88 bits per heavy atom. The summed E-state index contributed by atoms with van der Waals surface area (Å²) in [4.78, 5) is 12.9. The third-order valence-electron chi connectivity index (χ3n) is 4.18. The number of aromatic nitrogens is 1. The monoisotopic (exact) mass is 345 g/mol. The number of morpholine rings is 1. The van der Waals surface area contributed by atoms with Crippen molar-refractivity contribution in [3.8, 4) is 0 Å². The van der Waals surface area contributed by atoms with Gasteiger partial charge < -0.3 is 20.1 Å². The molecule has 0 bridgehead atoms. The van der Waals surface area contributed by atoms with Crippen LogP contribution in [0.5, 0.6) is 0 Å². The molecule has 1 fully saturated rings. The first-order valence-electron chi connectivity index (χ1n) is 8.28. The van der Waals surface area contributed by atoms with Crippen LogP contribution in [0.1, 0.15) is 5.56 Å². The van der Waals surface area contributed by atoms with Gasteiger partial charge in [-0.3, -0.25) is 4.90 Å². The van der Waals surface area contributed by atoms with Gasteiger partial charge in [-0.15, -0.1) is 0 Å². The van der Waals surface area contributed by atoms with Gasteiger partial charge in [-0.1, -0.05) is 18.2 Å². The minimum atomic E-state index is -0.707. The van der Waals surface area contributed by atoms with Crippen LogP contribution in [0.4, 0.5) is 4.79 Å². The van der Waals surface area contributed by atoms with E-state index < -0.39 is 12.1 Å². The first-order chi connectivity index (χ1) is 12.1. The molecule has 0 radical (unpaired) electrons. The molecule has 25 heavy (non-hydrogen) atoms. The molecule has 8 nitrogen and oxygen atoms in total. The van der Waals surface area contributed by atoms with Crippen molar-refractivity contribution in [3.63, 3.8) is 0 Å². The summed E-state index contributed by atoms with van der Waals surface area (Å²) in [6.07, 6.45) is 2.99. The molecule has 4 N–H and O–H groups in total. The number of hydrogen-bond donors (Lipinski definition) is 3. The highest BCUT2D eigenvalue weighted by Crippen LogP contribution is 2.20. The van der Waals surface area contributed by atoms with Crippen molar-refractivity contribution < 1.29 is 14.6 Å². The van der Waals surface area contributed by atoms with Crippen LogP contribution >= 0.6 is 0 Å². The summed E-state index contributed by atoms with van der Waals surface area (Å²) >= 11 is 0. The molecule has 1 aliphatic heterocycles. The van der Waals surface area contributed by atoms with E-state index in [9.17, 15) is 9.90 Å². The molecule has 0 spiro atoms. The Morgan fingerprint density at radius 2 is 2.12 bits per heavy atom. The quantitative estimate of drug-likeness (QED) is 0.518. The number of benzene rings is 1. The second-order valence-electron chi connectivity index (χ2n) is 6.06. The van der Waals surface area contributed by atoms with Gasteiger partial charge in [0.1, 0.15) is 0 Å². The molecule has 134 valence electrons. The number of fused-ring (bicyclic) bond motifs is 1. The number of hydrogen-bond acceptors (Lipinski definition) is 5. The molecule has 8 heteroatoms. The van der Waals surface area contributed by atoms with Crippen LogP contribution in [-0.2, 0) is 11.3 Å². The summed E-state index contributed by atoms with van der Waals surface area (Å²) in [7, 11) is 0. The number of nitrogens with zero attached hydrogens (tertiary/aromatic N) is 3. The number of carbonyl (C=O) groups excluding carboxylic acids is 1. The lowest BCUT2D eigenvalue weighted by molar-refractivity contribution is 0.0117. The number of ether oxygens (including phenoxy) is 1. The van der Waals surface area contributed by atoms with Crippen molar-refractivity contribution >= 4 is 23.1 Å². The molecule has 1 saturated heterocycles. The highest BCUT2D eigenvalue weighted by Gasteiger charge is 2.16. The molecule has 0 unspecified atom stereocenters. The average Bonchev–Trinajstić information content (AvgIpc) is 2.93. The number of nitrogens with two attached hydrogens (primary N) is 1. The van der Waals surface area contributed by atoms with Gasteiger partial charge in [0.2, 0.25) is 0 Å². The van der Waals surface area contributed by atoms with E-state index in [0.717, 1.165) is 29.6 Å². The van der Waals surface area contributed by atoms with E-state index in [-0.39, 0.29) is 0 Å². The maximum absolute atomic E-state index is 10.7. The first kappa shape index (κ1) is 17.4. The summed E-state index contributed by atoms with van der Waals surface area (Å²) in [6.45, 7) is 4.22. The largest absolute Gasteiger partial charge is 0.390 e. The number of nitrogens with one attached hydrogen (secondary N) is 1. The normalized spacial score (nSPS) is 17.2. The smallest absolute Gasteiger partial charge is 0.332 e. The minimum absolute atomic E-state index is 0.481. The lowest BCUT2D eigenvalue weighted by atomic mass is 10.2. The molecule has 3 rings (SSSR count). The Morgan fingerprint density at radius 1 is 1.36 bits per heavy atom. The second-order valence-corrected chi connectivity index (χ2v) is 6.06. The Labute approximate surface area is 145 Å². The van der Waals surface area contributed by atoms with Gasteiger partial charge in [-0.05, 0) is 6.07 Å². The van der Waals surface area contributed by atoms with E-state index in [1.807, 2.05) is 35.0 Å². The Balaban J connectivity index is 1.74. The maximum Gasteiger partial charge on any atom is 0.332 e. The van der Waals surface area contributed by atoms with Crippen molar-refractivity contribution in [2.75, 3.05) is 32.8 Å². The van der Waals surface area contributed by atoms with E-state index in [0.29, 0.717) is 26.3 Å². The average molecular weight is 345 g/mol. The molecule has 0 saturated carbocycles. The number of urea groups is 1. The number of primary amides is 1. The Kier molecular flexibility index (Phi) is 5.64. The van der Waals surface area contributed by atoms with E-state index in [1.54, 1.807) is 6.21 Å². The highest BCUT2D eigenvalue weighted by molar-refractivity contribution is 5.99. The Bertz CT molecular complexity index is 752. The van der Waals surface area contributed by atoms with Gasteiger partial charge in [0, 0.05) is 48.8 Å². The zero-order valence-corrected chi connectivity index (χ0v) is 14.0. The molecule has 2 amide bonds. The maximum atomic E-state index is 10.7. The topological polar surface area (TPSA) is 105 Å². The molecular formula is C17H23N5O3. The molecule has 1 aromatic heterocycles. The van der Waals surface area contributed by atoms with Gasteiger partial charge in [0.05, 0.1) is 25.5 Å². The van der Waals surface area contributed by atoms with Crippen molar-refractivity contribution in [2.24, 2.45) is 10.8 Å². The van der Waals surface area contributed by atoms with Crippen LogP contribution in [-0.4, -0.2) is 65.8 Å². The molecular weight excluding hydrogens is 322 g/mol. The van der Waals surface area contributed by atoms with Gasteiger partial charge >= 0.3 is 6.03 Å². The predicted molar refractivity (Wildman–Crippen MR) is 95.5 cm³/mol. The summed E-state index contributed by atoms with van der Waals surface area (Å²) in [5, 5.41) is 15.3. The summed E-state index contributed by atoms with van der Waals surface area (Å²) in [5.74, 6) is 0. The first-order valence-corrected chi connectivity index (χ1v) is 8.28. The zero-order valence-electron chi connectivity index (χ0n) is 14.0. The van der Waals surface area contributed by atoms with Crippen molar-refractivity contribution in [2.45, 2.75) is 12.6 Å². The Hall–Kier alpha value is -2.42. The van der Waals surface area contributed by atoms with Crippen LogP contribution in [0.15, 0.2) is 35.6 Å². The van der Waals surface area contributed by atoms with Crippen molar-refractivity contribution in [3.05, 3.63) is 36.0 Å². The van der Waals surface area contributed by atoms with Crippen LogP contribution in [0.3, 0.4) is 0 Å². The number of carbonyl (C=O) groups is 1. The van der Waals surface area contributed by atoms with Gasteiger partial charge in [0.25, 0.3) is 0 Å². The third-order valence-corrected chi connectivity index (χ3v) is 4.18. The van der Waals surface area contributed by atoms with Gasteiger partial charge in [0.15, 0.2) is 0 Å². The number of hydrazone groups is 1. The molecule has 2 aromatic rings. The van der Waals surface area contributed by atoms with E-state index in [2.05, 4.69) is 15.4 Å². The number of aliphatic hydroxyl groups is 1. The molecule has 1 atom stereocenters. The summed E-state index contributed by atoms with van der Waals surface area (Å²) in [5.41, 5.74) is 9.06. The fraction of sp³-hybridized carbons (Fsp3) is 0.412. The number of β-amino-alcohol motifs (C(OH)–C–C–N with tert-alkyl or cyclic N) is 1. The van der Waals surface area contributed by atoms with Crippen LogP contribution in [0.25, 0.3) is 10.9 Å². The second kappa shape index (κ2) is 8.11. The zero-order chi connectivity index (χ0) is 17.6. The summed E-state index contributed by atoms with van der Waals surface area (Å²) in [6, 6.07) is 7.16. The van der Waals surface area contributed by atoms with Crippen molar-refractivity contribution in [1.82, 2.24) is 14.9 Å². The molecule has 0 aliphatic carbocycles. The van der Waals surface area contributed by atoms with Crippen LogP contribution in [0.2, 0.25) is 0 Å². The molecule has 1 aromatic carbocycles. The lowest BCUT2D eigenvalue weighted by Crippen LogP contribution is -2.41. The molecule has 2 heterocycles. The number of para-hydroxylation sites is 1. The van der Waals surface area contributed by atoms with Crippen LogP contribution in [0, 0.1) is 0 Å². The van der Waals surface area contributed by atoms with E-state index in [1.165, 1.54) is 0 Å². The van der Waals surface area contributed by atoms with E-state index >= 15 is 0 Å². The fourth-order valence-corrected chi connectivity index (χ4v) is 3.06. The molecule has 1 aliphatic rings. The predicted octanol–water partition coefficient (Wildman–Crippen LogP) is 0.337. The van der Waals surface area contributed by atoms with Crippen LogP contribution < -0.4 is 11.2 Å². The fourth-order valence-electron chi connectivity index (χ4n) is 3.06. The SMILES string of the molecule is NC(=O)N/N=C/c1cn(C[C@H](O)CN2CCOCC2)c2ccccc12. The highest BCUT2D eigenvalue weighted by atomic mass is 16.5. The van der Waals surface area contributed by atoms with Gasteiger partial charge in [-0.2, -0.15) is 5.10 Å². The van der Waals surface area contributed by atoms with Crippen molar-refractivity contribution in [1.29, 1.82) is 0 Å². The third kappa shape index (κ3) is 4.56. The standard InChI is InChI=1S/C17H23N5O3/c18-17(24)20-19-9-13-10-22(16-4-2-1-3-15(13)16)12-14(23)11-21-5-7-25-8-6-21/h1-4,9-10,14,23H,5-8,11-12H2,(H3,18,20,24)/b19-9+/t14-/m1/s1. The number of rotatable bonds is 6. The lowest BCUT2D eigenvalue weighted by Gasteiger charge is -2.28. The minimum Gasteiger partial charge on any atom is -0.390 e. The van der Waals surface area contributed by atoms with E-state index in [4.69, 9.17) is 10.5 Å².